The summed E-state index contributed by atoms with van der Waals surface area (Å²) in [6, 6.07) is 10.5. The van der Waals surface area contributed by atoms with Gasteiger partial charge in [-0.1, -0.05) is 84.4 Å². The number of carbonyl (C=O) groups is 3. The number of carbonyl (C=O) groups excluding carboxylic acids is 2. The molecule has 3 N–H and O–H groups in total. The first-order valence-electron chi connectivity index (χ1n) is 21.4. The number of likely N-dealkylation sites (N-methyl/N-ethyl adjacent to an activating group) is 1. The molecule has 0 aliphatic heterocycles. The first-order valence-corrected chi connectivity index (χ1v) is 21.4. The highest BCUT2D eigenvalue weighted by Crippen LogP contribution is 2.77. The van der Waals surface area contributed by atoms with Crippen molar-refractivity contribution in [3.63, 3.8) is 0 Å². The average Bonchev–Trinajstić information content (AvgIpc) is 3.41. The van der Waals surface area contributed by atoms with E-state index in [9.17, 15) is 24.6 Å². The van der Waals surface area contributed by atoms with Crippen LogP contribution in [0.3, 0.4) is 0 Å². The van der Waals surface area contributed by atoms with Crippen LogP contribution in [0.5, 0.6) is 0 Å². The Balaban J connectivity index is 1.27. The number of aliphatic carboxylic acids is 1. The minimum absolute atomic E-state index is 0.0198. The molecule has 5 aliphatic rings. The molecule has 4 fully saturated rings. The summed E-state index contributed by atoms with van der Waals surface area (Å²) < 4.78 is 6.19. The van der Waals surface area contributed by atoms with Gasteiger partial charge in [0.1, 0.15) is 6.10 Å². The molecule has 306 valence electrons. The molecule has 0 spiro atoms. The molecule has 0 heterocycles. The van der Waals surface area contributed by atoms with Crippen molar-refractivity contribution >= 4 is 17.7 Å². The Morgan fingerprint density at radius 3 is 2.22 bits per heavy atom. The van der Waals surface area contributed by atoms with Crippen molar-refractivity contribution in [2.24, 2.45) is 56.2 Å². The van der Waals surface area contributed by atoms with Crippen LogP contribution >= 0.6 is 0 Å². The van der Waals surface area contributed by atoms with E-state index in [1.807, 2.05) is 6.07 Å². The maximum absolute atomic E-state index is 14.2. The number of nitrogens with one attached hydrogen (secondary N) is 1. The fourth-order valence-electron chi connectivity index (χ4n) is 13.7. The van der Waals surface area contributed by atoms with Gasteiger partial charge in [0.25, 0.3) is 0 Å². The standard InChI is InChI=1S/C47H72N2O6/c1-29(2)39-33(50)25-47(36(51)27-48-32(28-49(10)11)30-15-13-12-14-16-30)24-23-45(8)31(40(39)47)17-18-35-44(7)21-20-37(55-38(52)26-42(3,4)41(53)54)43(5,6)34(44)19-22-46(35,45)9/h12-16,29,31-32,34-37,48,51H,17-28H2,1-11H3,(H,53,54)/t31?,32-,34-,35+,36-,37-,44-,45+,46+,47?/m0/s1. The molecule has 4 saturated carbocycles. The zero-order valence-corrected chi connectivity index (χ0v) is 35.9. The van der Waals surface area contributed by atoms with Crippen LogP contribution in [-0.4, -0.2) is 72.2 Å². The number of rotatable bonds is 12. The summed E-state index contributed by atoms with van der Waals surface area (Å²) in [4.78, 5) is 41.3. The van der Waals surface area contributed by atoms with E-state index >= 15 is 0 Å². The molecule has 1 aromatic carbocycles. The monoisotopic (exact) mass is 761 g/mol. The van der Waals surface area contributed by atoms with Gasteiger partial charge in [0.2, 0.25) is 0 Å². The van der Waals surface area contributed by atoms with Crippen LogP contribution in [0.4, 0.5) is 0 Å². The molecule has 5 aliphatic carbocycles. The van der Waals surface area contributed by atoms with Gasteiger partial charge >= 0.3 is 11.9 Å². The number of ether oxygens (including phenoxy) is 1. The highest BCUT2D eigenvalue weighted by Gasteiger charge is 2.70. The van der Waals surface area contributed by atoms with E-state index in [4.69, 9.17) is 4.74 Å². The van der Waals surface area contributed by atoms with Crippen LogP contribution in [0, 0.1) is 56.2 Å². The quantitative estimate of drug-likeness (QED) is 0.182. The maximum atomic E-state index is 14.2. The molecule has 6 rings (SSSR count). The fraction of sp³-hybridized carbons (Fsp3) is 0.766. The van der Waals surface area contributed by atoms with E-state index in [1.165, 1.54) is 11.1 Å². The molecule has 8 nitrogen and oxygen atoms in total. The van der Waals surface area contributed by atoms with Crippen molar-refractivity contribution in [3.8, 4) is 0 Å². The Bertz CT molecular complexity index is 1670. The molecule has 8 heteroatoms. The Morgan fingerprint density at radius 1 is 0.927 bits per heavy atom. The molecule has 0 amide bonds. The van der Waals surface area contributed by atoms with Crippen LogP contribution in [0.2, 0.25) is 0 Å². The second-order valence-electron chi connectivity index (χ2n) is 21.2. The Kier molecular flexibility index (Phi) is 11.2. The van der Waals surface area contributed by atoms with Crippen LogP contribution in [-0.2, 0) is 19.1 Å². The molecular weight excluding hydrogens is 689 g/mol. The number of aliphatic hydroxyl groups is 1. The number of Topliss-reactive ketones (excluding diaryl/α,β-unsaturated/α-hetero) is 1. The normalized spacial score (nSPS) is 36.8. The summed E-state index contributed by atoms with van der Waals surface area (Å²) in [6.07, 6.45) is 7.18. The molecule has 10 atom stereocenters. The number of esters is 1. The first-order chi connectivity index (χ1) is 25.5. The van der Waals surface area contributed by atoms with Gasteiger partial charge in [0, 0.05) is 36.4 Å². The van der Waals surface area contributed by atoms with Crippen molar-refractivity contribution in [3.05, 3.63) is 47.0 Å². The molecule has 0 saturated heterocycles. The van der Waals surface area contributed by atoms with Crippen LogP contribution < -0.4 is 5.32 Å². The smallest absolute Gasteiger partial charge is 0.309 e. The fourth-order valence-corrected chi connectivity index (χ4v) is 13.7. The molecule has 0 aromatic heterocycles. The van der Waals surface area contributed by atoms with Crippen LogP contribution in [0.15, 0.2) is 41.5 Å². The topological polar surface area (TPSA) is 116 Å². The number of carboxylic acids is 1. The molecule has 0 radical (unpaired) electrons. The SMILES string of the molecule is CC(C)C1=C2C3CC[C@@H]4[C@@]5(C)CC[C@H](OC(=O)CC(C)(C)C(=O)O)C(C)(C)[C@@H]5CC[C@@]4(C)[C@]3(C)CCC2([C@@H](O)CN[C@@H](CN(C)C)c2ccccc2)CC1=O. The number of hydrogen-bond acceptors (Lipinski definition) is 7. The Labute approximate surface area is 331 Å². The second kappa shape index (κ2) is 14.7. The van der Waals surface area contributed by atoms with E-state index in [-0.39, 0.29) is 57.8 Å². The van der Waals surface area contributed by atoms with Gasteiger partial charge < -0.3 is 25.2 Å². The van der Waals surface area contributed by atoms with Crippen molar-refractivity contribution in [2.75, 3.05) is 27.2 Å². The lowest BCUT2D eigenvalue weighted by Gasteiger charge is -2.72. The molecule has 55 heavy (non-hydrogen) atoms. The highest BCUT2D eigenvalue weighted by molar-refractivity contribution is 6.00. The van der Waals surface area contributed by atoms with Gasteiger partial charge in [0.05, 0.1) is 17.9 Å². The summed E-state index contributed by atoms with van der Waals surface area (Å²) in [7, 11) is 4.16. The largest absolute Gasteiger partial charge is 0.481 e. The number of allylic oxidation sites excluding steroid dienone is 1. The third kappa shape index (κ3) is 6.86. The van der Waals surface area contributed by atoms with Gasteiger partial charge in [-0.05, 0) is 130 Å². The number of fused-ring (bicyclic) bond motifs is 7. The Morgan fingerprint density at radius 2 is 1.60 bits per heavy atom. The first kappa shape index (κ1) is 42.1. The van der Waals surface area contributed by atoms with Gasteiger partial charge in [0.15, 0.2) is 5.78 Å². The average molecular weight is 761 g/mol. The molecule has 0 bridgehead atoms. The summed E-state index contributed by atoms with van der Waals surface area (Å²) >= 11 is 0. The second-order valence-corrected chi connectivity index (χ2v) is 21.2. The lowest BCUT2D eigenvalue weighted by Crippen LogP contribution is -2.66. The van der Waals surface area contributed by atoms with Gasteiger partial charge in [-0.2, -0.15) is 0 Å². The van der Waals surface area contributed by atoms with E-state index in [0.29, 0.717) is 24.8 Å². The van der Waals surface area contributed by atoms with Crippen molar-refractivity contribution in [1.29, 1.82) is 0 Å². The lowest BCUT2D eigenvalue weighted by atomic mass is 9.33. The number of ketones is 1. The lowest BCUT2D eigenvalue weighted by molar-refractivity contribution is -0.235. The summed E-state index contributed by atoms with van der Waals surface area (Å²) in [6.45, 7) is 21.0. The van der Waals surface area contributed by atoms with E-state index in [1.54, 1.807) is 13.8 Å². The zero-order chi connectivity index (χ0) is 40.5. The van der Waals surface area contributed by atoms with E-state index in [0.717, 1.165) is 63.5 Å². The molecule has 2 unspecified atom stereocenters. The van der Waals surface area contributed by atoms with Crippen LogP contribution in [0.25, 0.3) is 0 Å². The van der Waals surface area contributed by atoms with Crippen molar-refractivity contribution in [2.45, 2.75) is 145 Å². The van der Waals surface area contributed by atoms with Crippen molar-refractivity contribution in [1.82, 2.24) is 10.2 Å². The summed E-state index contributed by atoms with van der Waals surface area (Å²) in [5.74, 6) is 0.0404. The van der Waals surface area contributed by atoms with Gasteiger partial charge in [-0.3, -0.25) is 14.4 Å². The van der Waals surface area contributed by atoms with Gasteiger partial charge in [-0.25, -0.2) is 0 Å². The van der Waals surface area contributed by atoms with E-state index in [2.05, 4.69) is 97.0 Å². The molecule has 1 aromatic rings. The zero-order valence-electron chi connectivity index (χ0n) is 35.9. The number of nitrogens with zero attached hydrogens (tertiary/aromatic N) is 1. The number of aliphatic hydroxyl groups excluding tert-OH is 1. The molecular formula is C47H72N2O6. The number of benzene rings is 1. The van der Waals surface area contributed by atoms with Crippen molar-refractivity contribution < 1.29 is 29.3 Å². The summed E-state index contributed by atoms with van der Waals surface area (Å²) in [5, 5.41) is 25.8. The number of hydrogen-bond donors (Lipinski definition) is 3. The Hall–Kier alpha value is -2.55. The third-order valence-electron chi connectivity index (χ3n) is 16.8. The maximum Gasteiger partial charge on any atom is 0.309 e. The summed E-state index contributed by atoms with van der Waals surface area (Å²) in [5.41, 5.74) is 1.63. The number of carboxylic acid groups (broad SMARTS) is 1. The third-order valence-corrected chi connectivity index (χ3v) is 16.8. The van der Waals surface area contributed by atoms with Crippen LogP contribution in [0.1, 0.15) is 138 Å². The van der Waals surface area contributed by atoms with E-state index < -0.39 is 28.9 Å². The minimum Gasteiger partial charge on any atom is -0.481 e. The predicted molar refractivity (Wildman–Crippen MR) is 217 cm³/mol. The predicted octanol–water partition coefficient (Wildman–Crippen LogP) is 8.63. The van der Waals surface area contributed by atoms with Gasteiger partial charge in [-0.15, -0.1) is 0 Å². The highest BCUT2D eigenvalue weighted by atomic mass is 16.5. The minimum atomic E-state index is -1.17.